The number of nitrogens with one attached hydrogen (secondary N) is 1. The summed E-state index contributed by atoms with van der Waals surface area (Å²) in [6.45, 7) is 3.23. The molecule has 142 valence electrons. The van der Waals surface area contributed by atoms with Crippen LogP contribution in [0.2, 0.25) is 0 Å². The molecule has 2 N–H and O–H groups in total. The summed E-state index contributed by atoms with van der Waals surface area (Å²) in [4.78, 5) is 15.6. The Hall–Kier alpha value is -1.74. The van der Waals surface area contributed by atoms with Crippen LogP contribution < -0.4 is 5.32 Å². The fourth-order valence-electron chi connectivity index (χ4n) is 3.57. The van der Waals surface area contributed by atoms with Crippen LogP contribution >= 0.6 is 11.3 Å². The second-order valence-corrected chi connectivity index (χ2v) is 8.02. The Morgan fingerprint density at radius 2 is 2.38 bits per heavy atom. The Bertz CT molecular complexity index is 729. The normalized spacial score (nSPS) is 26.8. The lowest BCUT2D eigenvalue weighted by Gasteiger charge is -2.48. The zero-order valence-corrected chi connectivity index (χ0v) is 16.2. The zero-order chi connectivity index (χ0) is 18.7. The van der Waals surface area contributed by atoms with Crippen LogP contribution in [0, 0.1) is 0 Å². The average Bonchev–Trinajstić information content (AvgIpc) is 3.23. The van der Waals surface area contributed by atoms with Gasteiger partial charge in [0.25, 0.3) is 0 Å². The van der Waals surface area contributed by atoms with Crippen LogP contribution in [-0.2, 0) is 23.1 Å². The number of aryl methyl sites for hydroxylation is 1. The predicted molar refractivity (Wildman–Crippen MR) is 99.7 cm³/mol. The van der Waals surface area contributed by atoms with Gasteiger partial charge in [0, 0.05) is 43.9 Å². The molecule has 3 rings (SSSR count). The number of carbonyl (C=O) groups is 1. The molecule has 0 bridgehead atoms. The lowest BCUT2D eigenvalue weighted by atomic mass is 9.81. The maximum Gasteiger partial charge on any atom is 0.246 e. The van der Waals surface area contributed by atoms with Gasteiger partial charge in [0.15, 0.2) is 0 Å². The SMILES string of the molecule is COCC(=O)N[C@H]1[C@H](c2cccs2)N(Cc2cnn(C)c2)CC[C@@]1(C)O. The standard InChI is InChI=1S/C18H26N4O3S/c1-18(24)6-7-22(11-13-9-19-21(2)10-13)16(14-5-4-8-26-14)17(18)20-15(23)12-25-3/h4-5,8-10,16-17,24H,6-7,11-12H2,1-3H3,(H,20,23)/t16-,17-,18+/m0/s1. The van der Waals surface area contributed by atoms with E-state index in [4.69, 9.17) is 4.74 Å². The number of carbonyl (C=O) groups excluding carboxylic acids is 1. The van der Waals surface area contributed by atoms with Gasteiger partial charge in [0.1, 0.15) is 6.61 Å². The average molecular weight is 378 g/mol. The van der Waals surface area contributed by atoms with E-state index in [1.54, 1.807) is 22.9 Å². The summed E-state index contributed by atoms with van der Waals surface area (Å²) in [5.41, 5.74) is 0.112. The molecule has 3 heterocycles. The number of aliphatic hydroxyl groups is 1. The van der Waals surface area contributed by atoms with Crippen LogP contribution in [0.1, 0.15) is 29.8 Å². The minimum Gasteiger partial charge on any atom is -0.388 e. The Morgan fingerprint density at radius 3 is 3.00 bits per heavy atom. The van der Waals surface area contributed by atoms with Gasteiger partial charge >= 0.3 is 0 Å². The fraction of sp³-hybridized carbons (Fsp3) is 0.556. The zero-order valence-electron chi connectivity index (χ0n) is 15.4. The number of nitrogens with zero attached hydrogens (tertiary/aromatic N) is 3. The quantitative estimate of drug-likeness (QED) is 0.792. The molecule has 0 spiro atoms. The van der Waals surface area contributed by atoms with Crippen molar-refractivity contribution < 1.29 is 14.6 Å². The van der Waals surface area contributed by atoms with Crippen LogP contribution in [0.5, 0.6) is 0 Å². The van der Waals surface area contributed by atoms with Crippen molar-refractivity contribution in [3.05, 3.63) is 40.3 Å². The number of hydrogen-bond acceptors (Lipinski definition) is 6. The van der Waals surface area contributed by atoms with Crippen LogP contribution in [0.4, 0.5) is 0 Å². The van der Waals surface area contributed by atoms with Crippen molar-refractivity contribution in [2.75, 3.05) is 20.3 Å². The van der Waals surface area contributed by atoms with E-state index in [9.17, 15) is 9.90 Å². The van der Waals surface area contributed by atoms with Crippen molar-refractivity contribution in [2.45, 2.75) is 37.6 Å². The van der Waals surface area contributed by atoms with E-state index in [-0.39, 0.29) is 18.6 Å². The molecule has 2 aromatic heterocycles. The van der Waals surface area contributed by atoms with Crippen molar-refractivity contribution in [3.63, 3.8) is 0 Å². The molecule has 0 unspecified atom stereocenters. The van der Waals surface area contributed by atoms with E-state index >= 15 is 0 Å². The minimum absolute atomic E-state index is 0.0215. The molecule has 2 aromatic rings. The molecule has 0 radical (unpaired) electrons. The second kappa shape index (κ2) is 7.87. The molecular formula is C18H26N4O3S. The highest BCUT2D eigenvalue weighted by molar-refractivity contribution is 7.10. The first-order valence-electron chi connectivity index (χ1n) is 8.66. The van der Waals surface area contributed by atoms with Crippen LogP contribution in [0.3, 0.4) is 0 Å². The molecule has 3 atom stereocenters. The number of ether oxygens (including phenoxy) is 1. The first kappa shape index (κ1) is 19.0. The van der Waals surface area contributed by atoms with Gasteiger partial charge in [-0.3, -0.25) is 14.4 Å². The molecule has 1 aliphatic heterocycles. The van der Waals surface area contributed by atoms with Crippen LogP contribution in [-0.4, -0.2) is 57.6 Å². The summed E-state index contributed by atoms with van der Waals surface area (Å²) in [5, 5.41) is 20.3. The van der Waals surface area contributed by atoms with Crippen LogP contribution in [0.25, 0.3) is 0 Å². The highest BCUT2D eigenvalue weighted by atomic mass is 32.1. The number of likely N-dealkylation sites (tertiary alicyclic amines) is 1. The second-order valence-electron chi connectivity index (χ2n) is 7.04. The molecule has 7 nitrogen and oxygen atoms in total. The number of thiophene rings is 1. The highest BCUT2D eigenvalue weighted by Crippen LogP contribution is 2.39. The Balaban J connectivity index is 1.90. The summed E-state index contributed by atoms with van der Waals surface area (Å²) in [6.07, 6.45) is 4.43. The third-order valence-corrected chi connectivity index (χ3v) is 5.80. The van der Waals surface area contributed by atoms with E-state index in [0.717, 1.165) is 17.0 Å². The summed E-state index contributed by atoms with van der Waals surface area (Å²) < 4.78 is 6.73. The Kier molecular flexibility index (Phi) is 5.76. The van der Waals surface area contributed by atoms with Gasteiger partial charge in [0.05, 0.1) is 23.9 Å². The topological polar surface area (TPSA) is 79.6 Å². The fourth-order valence-corrected chi connectivity index (χ4v) is 4.46. The molecule has 1 amide bonds. The molecule has 1 fully saturated rings. The third kappa shape index (κ3) is 4.15. The smallest absolute Gasteiger partial charge is 0.246 e. The number of hydrogen-bond donors (Lipinski definition) is 2. The summed E-state index contributed by atoms with van der Waals surface area (Å²) in [6, 6.07) is 3.52. The van der Waals surface area contributed by atoms with Gasteiger partial charge < -0.3 is 15.2 Å². The van der Waals surface area contributed by atoms with Crippen molar-refractivity contribution in [2.24, 2.45) is 7.05 Å². The van der Waals surface area contributed by atoms with Gasteiger partial charge in [-0.25, -0.2) is 0 Å². The van der Waals surface area contributed by atoms with Gasteiger partial charge in [-0.15, -0.1) is 11.3 Å². The van der Waals surface area contributed by atoms with E-state index < -0.39 is 11.6 Å². The van der Waals surface area contributed by atoms with Crippen molar-refractivity contribution >= 4 is 17.2 Å². The van der Waals surface area contributed by atoms with E-state index in [1.165, 1.54) is 7.11 Å². The van der Waals surface area contributed by atoms with Crippen molar-refractivity contribution in [1.29, 1.82) is 0 Å². The Labute approximate surface area is 157 Å². The van der Waals surface area contributed by atoms with Crippen LogP contribution in [0.15, 0.2) is 29.9 Å². The lowest BCUT2D eigenvalue weighted by molar-refractivity contribution is -0.132. The van der Waals surface area contributed by atoms with Gasteiger partial charge in [-0.05, 0) is 24.8 Å². The van der Waals surface area contributed by atoms with Crippen molar-refractivity contribution in [3.8, 4) is 0 Å². The minimum atomic E-state index is -0.997. The summed E-state index contributed by atoms with van der Waals surface area (Å²) >= 11 is 1.64. The maximum atomic E-state index is 12.2. The molecule has 0 aromatic carbocycles. The van der Waals surface area contributed by atoms with Gasteiger partial charge in [0.2, 0.25) is 5.91 Å². The van der Waals surface area contributed by atoms with Gasteiger partial charge in [-0.2, -0.15) is 5.10 Å². The highest BCUT2D eigenvalue weighted by Gasteiger charge is 2.46. The molecule has 0 saturated carbocycles. The summed E-state index contributed by atoms with van der Waals surface area (Å²) in [5.74, 6) is -0.220. The third-order valence-electron chi connectivity index (χ3n) is 4.85. The Morgan fingerprint density at radius 1 is 1.58 bits per heavy atom. The predicted octanol–water partition coefficient (Wildman–Crippen LogP) is 1.31. The molecule has 1 saturated heterocycles. The summed E-state index contributed by atoms with van der Waals surface area (Å²) in [7, 11) is 3.39. The monoisotopic (exact) mass is 378 g/mol. The first-order valence-corrected chi connectivity index (χ1v) is 9.54. The molecule has 8 heteroatoms. The molecule has 1 aliphatic rings. The number of methoxy groups -OCH3 is 1. The maximum absolute atomic E-state index is 12.2. The molecule has 26 heavy (non-hydrogen) atoms. The van der Waals surface area contributed by atoms with Crippen molar-refractivity contribution in [1.82, 2.24) is 20.0 Å². The number of rotatable bonds is 6. The molecular weight excluding hydrogens is 352 g/mol. The van der Waals surface area contributed by atoms with E-state index in [1.807, 2.05) is 30.9 Å². The van der Waals surface area contributed by atoms with Gasteiger partial charge in [-0.1, -0.05) is 6.07 Å². The number of amides is 1. The van der Waals surface area contributed by atoms with E-state index in [2.05, 4.69) is 21.4 Å². The molecule has 0 aliphatic carbocycles. The largest absolute Gasteiger partial charge is 0.388 e. The first-order chi connectivity index (χ1) is 12.4. The van der Waals surface area contributed by atoms with E-state index in [0.29, 0.717) is 13.0 Å². The lowest BCUT2D eigenvalue weighted by Crippen LogP contribution is -2.62. The number of piperidine rings is 1. The number of aromatic nitrogens is 2.